The molecule has 0 N–H and O–H groups in total. The number of carbonyl (C=O) groups excluding carboxylic acids is 2. The Bertz CT molecular complexity index is 1110. The molecule has 1 atom stereocenters. The summed E-state index contributed by atoms with van der Waals surface area (Å²) in [6.07, 6.45) is 1.94. The van der Waals surface area contributed by atoms with Gasteiger partial charge in [-0.05, 0) is 54.8 Å². The fraction of sp³-hybridized carbons (Fsp3) is 0.304. The lowest BCUT2D eigenvalue weighted by atomic mass is 10.0. The van der Waals surface area contributed by atoms with E-state index in [1.54, 1.807) is 37.3 Å². The van der Waals surface area contributed by atoms with Gasteiger partial charge in [0.05, 0.1) is 17.1 Å². The van der Waals surface area contributed by atoms with Gasteiger partial charge < -0.3 is 9.64 Å². The summed E-state index contributed by atoms with van der Waals surface area (Å²) in [6.45, 7) is 1.53. The van der Waals surface area contributed by atoms with Crippen molar-refractivity contribution in [2.75, 3.05) is 24.7 Å². The summed E-state index contributed by atoms with van der Waals surface area (Å²) in [5, 5.41) is 0.534. The van der Waals surface area contributed by atoms with E-state index >= 15 is 0 Å². The van der Waals surface area contributed by atoms with Crippen LogP contribution >= 0.6 is 11.6 Å². The third kappa shape index (κ3) is 6.17. The lowest BCUT2D eigenvalue weighted by Gasteiger charge is -2.26. The number of likely N-dealkylation sites (N-methyl/N-ethyl adjacent to an activating group) is 1. The van der Waals surface area contributed by atoms with Crippen LogP contribution in [-0.4, -0.2) is 55.9 Å². The van der Waals surface area contributed by atoms with E-state index in [-0.39, 0.29) is 17.1 Å². The standard InChI is InChI=1S/C23H23ClFNO5S/c1-2-26(20-11-12-32(29,30)15-20)22(27)14-31-23(28)21(17-5-9-19(25)10-6-17)13-16-3-7-18(24)8-4-16/h3-10,13,20H,2,11-12,14-15H2,1H3/b21-13+/t20-/m0/s1. The molecule has 0 aromatic heterocycles. The SMILES string of the molecule is CCN(C(=O)COC(=O)/C(=C/c1ccc(Cl)cc1)c1ccc(F)cc1)[C@H]1CCS(=O)(=O)C1. The summed E-state index contributed by atoms with van der Waals surface area (Å²) in [4.78, 5) is 26.9. The molecule has 2 aromatic carbocycles. The Balaban J connectivity index is 1.77. The molecule has 0 spiro atoms. The molecule has 1 aliphatic heterocycles. The van der Waals surface area contributed by atoms with Crippen LogP contribution in [0.4, 0.5) is 4.39 Å². The van der Waals surface area contributed by atoms with Crippen LogP contribution in [0.25, 0.3) is 11.6 Å². The molecule has 1 fully saturated rings. The minimum atomic E-state index is -3.16. The molecule has 170 valence electrons. The number of carbonyl (C=O) groups is 2. The number of benzene rings is 2. The zero-order valence-corrected chi connectivity index (χ0v) is 19.0. The van der Waals surface area contributed by atoms with Crippen molar-refractivity contribution in [1.29, 1.82) is 0 Å². The molecule has 1 aliphatic rings. The highest BCUT2D eigenvalue weighted by Crippen LogP contribution is 2.22. The minimum absolute atomic E-state index is 0.0414. The van der Waals surface area contributed by atoms with Crippen LogP contribution in [0.15, 0.2) is 48.5 Å². The number of hydrogen-bond donors (Lipinski definition) is 0. The Morgan fingerprint density at radius 2 is 1.81 bits per heavy atom. The van der Waals surface area contributed by atoms with Crippen LogP contribution in [0.5, 0.6) is 0 Å². The quantitative estimate of drug-likeness (QED) is 0.344. The molecule has 32 heavy (non-hydrogen) atoms. The van der Waals surface area contributed by atoms with Gasteiger partial charge in [-0.1, -0.05) is 35.9 Å². The fourth-order valence-corrected chi connectivity index (χ4v) is 5.42. The van der Waals surface area contributed by atoms with Crippen molar-refractivity contribution >= 4 is 45.0 Å². The summed E-state index contributed by atoms with van der Waals surface area (Å²) in [7, 11) is -3.16. The molecule has 0 unspecified atom stereocenters. The van der Waals surface area contributed by atoms with Crippen molar-refractivity contribution in [2.45, 2.75) is 19.4 Å². The maximum atomic E-state index is 13.4. The van der Waals surface area contributed by atoms with Crippen molar-refractivity contribution in [2.24, 2.45) is 0 Å². The van der Waals surface area contributed by atoms with Gasteiger partial charge in [0.1, 0.15) is 5.82 Å². The van der Waals surface area contributed by atoms with Gasteiger partial charge in [-0.3, -0.25) is 4.79 Å². The fourth-order valence-electron chi connectivity index (χ4n) is 3.56. The Kier molecular flexibility index (Phi) is 7.69. The van der Waals surface area contributed by atoms with Crippen LogP contribution in [0.2, 0.25) is 5.02 Å². The van der Waals surface area contributed by atoms with Gasteiger partial charge in [-0.2, -0.15) is 0 Å². The second-order valence-electron chi connectivity index (χ2n) is 7.43. The molecule has 2 aromatic rings. The zero-order valence-electron chi connectivity index (χ0n) is 17.5. The molecule has 1 amide bonds. The van der Waals surface area contributed by atoms with Gasteiger partial charge in [0.15, 0.2) is 16.4 Å². The molecule has 9 heteroatoms. The van der Waals surface area contributed by atoms with E-state index < -0.39 is 40.2 Å². The predicted molar refractivity (Wildman–Crippen MR) is 121 cm³/mol. The van der Waals surface area contributed by atoms with Gasteiger partial charge in [0, 0.05) is 17.6 Å². The van der Waals surface area contributed by atoms with Crippen molar-refractivity contribution < 1.29 is 27.1 Å². The average Bonchev–Trinajstić information content (AvgIpc) is 3.12. The maximum Gasteiger partial charge on any atom is 0.339 e. The van der Waals surface area contributed by atoms with Crippen LogP contribution in [0.1, 0.15) is 24.5 Å². The summed E-state index contributed by atoms with van der Waals surface area (Å²) < 4.78 is 42.1. The number of sulfone groups is 1. The number of hydrogen-bond acceptors (Lipinski definition) is 5. The van der Waals surface area contributed by atoms with Crippen molar-refractivity contribution in [1.82, 2.24) is 4.90 Å². The first-order chi connectivity index (χ1) is 15.2. The third-order valence-corrected chi connectivity index (χ3v) is 7.20. The van der Waals surface area contributed by atoms with E-state index in [9.17, 15) is 22.4 Å². The molecular weight excluding hydrogens is 457 g/mol. The molecule has 1 heterocycles. The first-order valence-corrected chi connectivity index (χ1v) is 12.3. The zero-order chi connectivity index (χ0) is 23.3. The van der Waals surface area contributed by atoms with E-state index in [1.165, 1.54) is 29.2 Å². The number of esters is 1. The van der Waals surface area contributed by atoms with Gasteiger partial charge in [-0.25, -0.2) is 17.6 Å². The molecule has 0 bridgehead atoms. The Morgan fingerprint density at radius 3 is 2.38 bits per heavy atom. The number of amides is 1. The molecule has 6 nitrogen and oxygen atoms in total. The molecular formula is C23H23ClFNO5S. The monoisotopic (exact) mass is 479 g/mol. The molecule has 0 saturated carbocycles. The highest BCUT2D eigenvalue weighted by molar-refractivity contribution is 7.91. The Hall–Kier alpha value is -2.71. The smallest absolute Gasteiger partial charge is 0.339 e. The van der Waals surface area contributed by atoms with E-state index in [4.69, 9.17) is 16.3 Å². The lowest BCUT2D eigenvalue weighted by Crippen LogP contribution is -2.43. The Morgan fingerprint density at radius 1 is 1.16 bits per heavy atom. The average molecular weight is 480 g/mol. The highest BCUT2D eigenvalue weighted by atomic mass is 35.5. The van der Waals surface area contributed by atoms with E-state index in [0.717, 1.165) is 0 Å². The van der Waals surface area contributed by atoms with Gasteiger partial charge in [0.25, 0.3) is 5.91 Å². The second-order valence-corrected chi connectivity index (χ2v) is 10.1. The number of nitrogens with zero attached hydrogens (tertiary/aromatic N) is 1. The van der Waals surface area contributed by atoms with Gasteiger partial charge in [-0.15, -0.1) is 0 Å². The first kappa shape index (κ1) is 23.9. The highest BCUT2D eigenvalue weighted by Gasteiger charge is 2.34. The second kappa shape index (κ2) is 10.3. The van der Waals surface area contributed by atoms with E-state index in [1.807, 2.05) is 0 Å². The largest absolute Gasteiger partial charge is 0.452 e. The molecule has 0 aliphatic carbocycles. The minimum Gasteiger partial charge on any atom is -0.452 e. The molecule has 1 saturated heterocycles. The van der Waals surface area contributed by atoms with Crippen LogP contribution in [-0.2, 0) is 24.2 Å². The van der Waals surface area contributed by atoms with E-state index in [2.05, 4.69) is 0 Å². The molecule has 0 radical (unpaired) electrons. The van der Waals surface area contributed by atoms with Crippen molar-refractivity contribution in [3.05, 3.63) is 70.5 Å². The van der Waals surface area contributed by atoms with Crippen molar-refractivity contribution in [3.8, 4) is 0 Å². The van der Waals surface area contributed by atoms with Crippen LogP contribution in [0.3, 0.4) is 0 Å². The topological polar surface area (TPSA) is 80.8 Å². The van der Waals surface area contributed by atoms with Gasteiger partial charge in [0.2, 0.25) is 0 Å². The summed E-state index contributed by atoms with van der Waals surface area (Å²) in [6, 6.07) is 11.7. The number of rotatable bonds is 7. The molecule has 3 rings (SSSR count). The summed E-state index contributed by atoms with van der Waals surface area (Å²) >= 11 is 5.91. The normalized spacial score (nSPS) is 17.7. The van der Waals surface area contributed by atoms with Crippen LogP contribution < -0.4 is 0 Å². The first-order valence-electron chi connectivity index (χ1n) is 10.1. The van der Waals surface area contributed by atoms with Crippen molar-refractivity contribution in [3.63, 3.8) is 0 Å². The van der Waals surface area contributed by atoms with E-state index in [0.29, 0.717) is 29.1 Å². The number of halogens is 2. The summed E-state index contributed by atoms with van der Waals surface area (Å²) in [5.41, 5.74) is 1.24. The Labute approximate surface area is 191 Å². The predicted octanol–water partition coefficient (Wildman–Crippen LogP) is 3.60. The van der Waals surface area contributed by atoms with Crippen LogP contribution in [0, 0.1) is 5.82 Å². The maximum absolute atomic E-state index is 13.4. The number of ether oxygens (including phenoxy) is 1. The third-order valence-electron chi connectivity index (χ3n) is 5.19. The van der Waals surface area contributed by atoms with Gasteiger partial charge >= 0.3 is 5.97 Å². The lowest BCUT2D eigenvalue weighted by molar-refractivity contribution is -0.148. The summed E-state index contributed by atoms with van der Waals surface area (Å²) in [5.74, 6) is -1.71.